The van der Waals surface area contributed by atoms with Crippen LogP contribution in [-0.4, -0.2) is 27.3 Å². The summed E-state index contributed by atoms with van der Waals surface area (Å²) in [6.07, 6.45) is 0. The van der Waals surface area contributed by atoms with E-state index in [1.54, 1.807) is 10.7 Å². The molecule has 0 spiro atoms. The fourth-order valence-electron chi connectivity index (χ4n) is 2.96. The van der Waals surface area contributed by atoms with Gasteiger partial charge in [0.05, 0.1) is 20.9 Å². The molecule has 4 rings (SSSR count). The van der Waals surface area contributed by atoms with Gasteiger partial charge in [0.25, 0.3) is 5.91 Å². The maximum Gasteiger partial charge on any atom is 0.263 e. The smallest absolute Gasteiger partial charge is 0.263 e. The molecule has 0 unspecified atom stereocenters. The third-order valence-corrected chi connectivity index (χ3v) is 5.91. The lowest BCUT2D eigenvalue weighted by Crippen LogP contribution is -2.22. The number of hydrogen-bond donors (Lipinski definition) is 1. The van der Waals surface area contributed by atoms with Gasteiger partial charge in [0.1, 0.15) is 11.6 Å². The number of rotatable bonds is 5. The number of para-hydroxylation sites is 1. The summed E-state index contributed by atoms with van der Waals surface area (Å²) >= 11 is 7.76. The highest BCUT2D eigenvalue weighted by atomic mass is 35.5. The van der Waals surface area contributed by atoms with Crippen molar-refractivity contribution >= 4 is 44.9 Å². The second kappa shape index (κ2) is 7.85. The van der Waals surface area contributed by atoms with Crippen molar-refractivity contribution in [3.05, 3.63) is 64.3 Å². The molecule has 0 saturated carbocycles. The molecule has 4 aromatic rings. The maximum atomic E-state index is 12.5. The van der Waals surface area contributed by atoms with E-state index in [1.807, 2.05) is 57.2 Å². The molecule has 0 saturated heterocycles. The normalized spacial score (nSPS) is 11.0. The molecule has 29 heavy (non-hydrogen) atoms. The Balaban J connectivity index is 1.57. The summed E-state index contributed by atoms with van der Waals surface area (Å²) in [5.41, 5.74) is 3.61. The fourth-order valence-corrected chi connectivity index (χ4v) is 4.24. The molecule has 0 aliphatic carbocycles. The molecule has 0 bridgehead atoms. The van der Waals surface area contributed by atoms with E-state index in [1.165, 1.54) is 11.3 Å². The lowest BCUT2D eigenvalue weighted by atomic mass is 10.2. The van der Waals surface area contributed by atoms with E-state index < -0.39 is 0 Å². The number of halogens is 1. The zero-order chi connectivity index (χ0) is 20.5. The molecule has 1 amide bonds. The van der Waals surface area contributed by atoms with Crippen molar-refractivity contribution in [2.75, 3.05) is 11.9 Å². The van der Waals surface area contributed by atoms with Crippen molar-refractivity contribution in [2.24, 2.45) is 0 Å². The highest BCUT2D eigenvalue weighted by Gasteiger charge is 2.17. The second-order valence-corrected chi connectivity index (χ2v) is 8.11. The molecule has 0 fully saturated rings. The van der Waals surface area contributed by atoms with Crippen molar-refractivity contribution in [1.82, 2.24) is 14.8 Å². The minimum Gasteiger partial charge on any atom is -0.483 e. The molecule has 0 aliphatic heterocycles. The topological polar surface area (TPSA) is 69.0 Å². The van der Waals surface area contributed by atoms with Gasteiger partial charge < -0.3 is 10.1 Å². The summed E-state index contributed by atoms with van der Waals surface area (Å²) in [5, 5.41) is 8.64. The average molecular weight is 427 g/mol. The molecule has 1 N–H and O–H groups in total. The number of aromatic nitrogens is 3. The van der Waals surface area contributed by atoms with Gasteiger partial charge in [-0.2, -0.15) is 9.78 Å². The van der Waals surface area contributed by atoms with Gasteiger partial charge in [0, 0.05) is 6.07 Å². The van der Waals surface area contributed by atoms with Crippen LogP contribution in [0.3, 0.4) is 0 Å². The van der Waals surface area contributed by atoms with Gasteiger partial charge in [-0.1, -0.05) is 47.2 Å². The third kappa shape index (κ3) is 3.97. The average Bonchev–Trinajstić information content (AvgIpc) is 3.28. The Morgan fingerprint density at radius 2 is 1.97 bits per heavy atom. The number of nitrogens with zero attached hydrogens (tertiary/aromatic N) is 3. The number of anilines is 1. The maximum absolute atomic E-state index is 12.5. The summed E-state index contributed by atoms with van der Waals surface area (Å²) in [6.45, 7) is 5.69. The summed E-state index contributed by atoms with van der Waals surface area (Å²) in [7, 11) is 0. The molecule has 6 nitrogen and oxygen atoms in total. The lowest BCUT2D eigenvalue weighted by molar-refractivity contribution is -0.118. The Morgan fingerprint density at radius 3 is 2.72 bits per heavy atom. The molecule has 0 radical (unpaired) electrons. The second-order valence-electron chi connectivity index (χ2n) is 6.72. The highest BCUT2D eigenvalue weighted by molar-refractivity contribution is 7.21. The van der Waals surface area contributed by atoms with E-state index in [2.05, 4.69) is 15.4 Å². The molecular weight excluding hydrogens is 408 g/mol. The molecule has 8 heteroatoms. The fraction of sp³-hybridized carbons (Fsp3) is 0.190. The van der Waals surface area contributed by atoms with Crippen molar-refractivity contribution in [2.45, 2.75) is 20.8 Å². The minimum absolute atomic E-state index is 0.0974. The van der Waals surface area contributed by atoms with Crippen molar-refractivity contribution < 1.29 is 9.53 Å². The van der Waals surface area contributed by atoms with Crippen molar-refractivity contribution in [3.8, 4) is 10.9 Å². The van der Waals surface area contributed by atoms with Crippen LogP contribution >= 0.6 is 22.9 Å². The van der Waals surface area contributed by atoms with Gasteiger partial charge in [-0.05, 0) is 44.0 Å². The number of thiazole rings is 1. The van der Waals surface area contributed by atoms with Gasteiger partial charge in [0.2, 0.25) is 5.13 Å². The molecule has 2 aromatic carbocycles. The van der Waals surface area contributed by atoms with E-state index in [4.69, 9.17) is 16.3 Å². The Morgan fingerprint density at radius 1 is 1.17 bits per heavy atom. The largest absolute Gasteiger partial charge is 0.483 e. The van der Waals surface area contributed by atoms with Crippen LogP contribution in [0.1, 0.15) is 16.8 Å². The number of amides is 1. The molecular formula is C21H19ClN4O2S. The number of aryl methyl sites for hydroxylation is 3. The van der Waals surface area contributed by atoms with Crippen molar-refractivity contribution in [3.63, 3.8) is 0 Å². The van der Waals surface area contributed by atoms with Crippen LogP contribution in [0.2, 0.25) is 5.02 Å². The van der Waals surface area contributed by atoms with Crippen LogP contribution in [0.15, 0.2) is 42.5 Å². The number of fused-ring (bicyclic) bond motifs is 1. The van der Waals surface area contributed by atoms with Gasteiger partial charge in [-0.25, -0.2) is 4.98 Å². The molecule has 2 heterocycles. The van der Waals surface area contributed by atoms with Crippen LogP contribution in [0.4, 0.5) is 5.82 Å². The minimum atomic E-state index is -0.273. The van der Waals surface area contributed by atoms with E-state index in [-0.39, 0.29) is 12.5 Å². The zero-order valence-corrected chi connectivity index (χ0v) is 17.8. The predicted molar refractivity (Wildman–Crippen MR) is 117 cm³/mol. The Labute approximate surface area is 177 Å². The first-order valence-electron chi connectivity index (χ1n) is 9.03. The van der Waals surface area contributed by atoms with Gasteiger partial charge in [-0.3, -0.25) is 4.79 Å². The number of hydrogen-bond acceptors (Lipinski definition) is 5. The summed E-state index contributed by atoms with van der Waals surface area (Å²) in [5.74, 6) is 0.946. The first-order valence-corrected chi connectivity index (χ1v) is 10.2. The zero-order valence-electron chi connectivity index (χ0n) is 16.2. The SMILES string of the molecule is Cc1cc(NC(=O)COc2ccccc2C)n(-c2nc3c(C)ccc(Cl)c3s2)n1. The van der Waals surface area contributed by atoms with Crippen LogP contribution in [0.25, 0.3) is 15.3 Å². The van der Waals surface area contributed by atoms with Crippen LogP contribution in [-0.2, 0) is 4.79 Å². The number of nitrogens with one attached hydrogen (secondary N) is 1. The van der Waals surface area contributed by atoms with Crippen LogP contribution < -0.4 is 10.1 Å². The van der Waals surface area contributed by atoms with Gasteiger partial charge >= 0.3 is 0 Å². The number of ether oxygens (including phenoxy) is 1. The predicted octanol–water partition coefficient (Wildman–Crippen LogP) is 5.08. The number of carbonyl (C=O) groups excluding carboxylic acids is 1. The van der Waals surface area contributed by atoms with Crippen LogP contribution in [0.5, 0.6) is 5.75 Å². The van der Waals surface area contributed by atoms with E-state index in [9.17, 15) is 4.79 Å². The van der Waals surface area contributed by atoms with Gasteiger partial charge in [0.15, 0.2) is 6.61 Å². The lowest BCUT2D eigenvalue weighted by Gasteiger charge is -2.09. The Hall–Kier alpha value is -2.90. The summed E-state index contributed by atoms with van der Waals surface area (Å²) in [4.78, 5) is 17.1. The molecule has 148 valence electrons. The highest BCUT2D eigenvalue weighted by Crippen LogP contribution is 2.34. The summed E-state index contributed by atoms with van der Waals surface area (Å²) in [6, 6.07) is 13.2. The quantitative estimate of drug-likeness (QED) is 0.483. The standard InChI is InChI=1S/C21H19ClN4O2S/c1-12-6-4-5-7-16(12)28-11-18(27)23-17-10-14(3)25-26(17)21-24-19-13(2)8-9-15(22)20(19)29-21/h4-10H,11H2,1-3H3,(H,23,27). The molecule has 0 atom stereocenters. The Kier molecular flexibility index (Phi) is 5.25. The number of benzene rings is 2. The van der Waals surface area contributed by atoms with E-state index in [0.717, 1.165) is 27.0 Å². The van der Waals surface area contributed by atoms with Gasteiger partial charge in [-0.15, -0.1) is 0 Å². The number of carbonyl (C=O) groups is 1. The molecule has 0 aliphatic rings. The van der Waals surface area contributed by atoms with E-state index >= 15 is 0 Å². The first kappa shape index (κ1) is 19.4. The monoisotopic (exact) mass is 426 g/mol. The molecule has 2 aromatic heterocycles. The van der Waals surface area contributed by atoms with Crippen LogP contribution in [0, 0.1) is 20.8 Å². The van der Waals surface area contributed by atoms with Crippen molar-refractivity contribution in [1.29, 1.82) is 0 Å². The van der Waals surface area contributed by atoms with E-state index in [0.29, 0.717) is 21.7 Å². The Bertz CT molecular complexity index is 1180. The third-order valence-electron chi connectivity index (χ3n) is 4.42. The summed E-state index contributed by atoms with van der Waals surface area (Å²) < 4.78 is 8.16. The first-order chi connectivity index (χ1) is 13.9.